The zero-order valence-electron chi connectivity index (χ0n) is 11.5. The minimum atomic E-state index is -0.154. The fourth-order valence-electron chi connectivity index (χ4n) is 3.56. The molecule has 0 heterocycles. The molecule has 4 heteroatoms. The summed E-state index contributed by atoms with van der Waals surface area (Å²) in [7, 11) is 0. The van der Waals surface area contributed by atoms with Crippen LogP contribution in [0.15, 0.2) is 22.7 Å². The highest BCUT2D eigenvalue weighted by Gasteiger charge is 2.41. The Labute approximate surface area is 134 Å². The molecule has 2 nitrogen and oxygen atoms in total. The van der Waals surface area contributed by atoms with Gasteiger partial charge in [0, 0.05) is 10.2 Å². The zero-order valence-corrected chi connectivity index (χ0v) is 13.9. The van der Waals surface area contributed by atoms with Gasteiger partial charge in [-0.2, -0.15) is 0 Å². The van der Waals surface area contributed by atoms with Gasteiger partial charge in [-0.15, -0.1) is 0 Å². The molecule has 2 aliphatic rings. The van der Waals surface area contributed by atoms with Crippen LogP contribution in [0.1, 0.15) is 38.5 Å². The third-order valence-electron chi connectivity index (χ3n) is 4.80. The Morgan fingerprint density at radius 1 is 1.30 bits per heavy atom. The quantitative estimate of drug-likeness (QED) is 0.806. The van der Waals surface area contributed by atoms with Crippen molar-refractivity contribution in [1.82, 2.24) is 0 Å². The van der Waals surface area contributed by atoms with E-state index in [4.69, 9.17) is 11.6 Å². The Bertz CT molecular complexity index is 491. The molecule has 2 atom stereocenters. The van der Waals surface area contributed by atoms with Gasteiger partial charge in [-0.25, -0.2) is 0 Å². The van der Waals surface area contributed by atoms with E-state index in [1.807, 2.05) is 18.2 Å². The summed E-state index contributed by atoms with van der Waals surface area (Å²) in [5, 5.41) is 14.2. The fourth-order valence-corrected chi connectivity index (χ4v) is 4.05. The maximum atomic E-state index is 9.95. The summed E-state index contributed by atoms with van der Waals surface area (Å²) < 4.78 is 0.895. The van der Waals surface area contributed by atoms with Gasteiger partial charge in [-0.1, -0.05) is 24.4 Å². The lowest BCUT2D eigenvalue weighted by atomic mass is 9.74. The van der Waals surface area contributed by atoms with Gasteiger partial charge >= 0.3 is 0 Å². The molecule has 1 aromatic rings. The van der Waals surface area contributed by atoms with E-state index >= 15 is 0 Å². The molecule has 0 radical (unpaired) electrons. The van der Waals surface area contributed by atoms with E-state index in [9.17, 15) is 5.11 Å². The monoisotopic (exact) mass is 357 g/mol. The topological polar surface area (TPSA) is 32.3 Å². The molecule has 20 heavy (non-hydrogen) atoms. The van der Waals surface area contributed by atoms with E-state index in [2.05, 4.69) is 21.2 Å². The second-order valence-electron chi connectivity index (χ2n) is 6.39. The smallest absolute Gasteiger partial charge is 0.0661 e. The van der Waals surface area contributed by atoms with Crippen molar-refractivity contribution in [2.24, 2.45) is 11.8 Å². The van der Waals surface area contributed by atoms with Gasteiger partial charge in [0.05, 0.1) is 17.2 Å². The number of hydrogen-bond acceptors (Lipinski definition) is 2. The number of aliphatic hydroxyl groups is 1. The highest BCUT2D eigenvalue weighted by Crippen LogP contribution is 2.47. The van der Waals surface area contributed by atoms with E-state index in [-0.39, 0.29) is 12.1 Å². The van der Waals surface area contributed by atoms with E-state index in [0.29, 0.717) is 5.02 Å². The van der Waals surface area contributed by atoms with Crippen LogP contribution in [0.5, 0.6) is 0 Å². The Balaban J connectivity index is 1.75. The van der Waals surface area contributed by atoms with Gasteiger partial charge in [-0.3, -0.25) is 0 Å². The van der Waals surface area contributed by atoms with Crippen molar-refractivity contribution in [3.05, 3.63) is 27.7 Å². The minimum Gasteiger partial charge on any atom is -0.394 e. The van der Waals surface area contributed by atoms with Crippen LogP contribution in [-0.4, -0.2) is 17.3 Å². The van der Waals surface area contributed by atoms with Crippen LogP contribution in [0.2, 0.25) is 5.02 Å². The predicted octanol–water partition coefficient (Wildman–Crippen LogP) is 4.85. The summed E-state index contributed by atoms with van der Waals surface area (Å²) >= 11 is 9.50. The first-order chi connectivity index (χ1) is 9.62. The number of hydrogen-bond donors (Lipinski definition) is 2. The third-order valence-corrected chi connectivity index (χ3v) is 6.02. The maximum Gasteiger partial charge on any atom is 0.0661 e. The molecular weight excluding hydrogens is 338 g/mol. The highest BCUT2D eigenvalue weighted by atomic mass is 79.9. The molecule has 3 rings (SSSR count). The highest BCUT2D eigenvalue weighted by molar-refractivity contribution is 9.10. The van der Waals surface area contributed by atoms with Gasteiger partial charge in [0.1, 0.15) is 0 Å². The summed E-state index contributed by atoms with van der Waals surface area (Å²) in [4.78, 5) is 0. The molecule has 2 fully saturated rings. The minimum absolute atomic E-state index is 0.154. The van der Waals surface area contributed by atoms with Gasteiger partial charge in [0.25, 0.3) is 0 Å². The maximum absolute atomic E-state index is 9.95. The van der Waals surface area contributed by atoms with Crippen molar-refractivity contribution < 1.29 is 5.11 Å². The van der Waals surface area contributed by atoms with E-state index < -0.39 is 0 Å². The molecule has 2 aliphatic carbocycles. The molecule has 0 amide bonds. The molecule has 2 unspecified atom stereocenters. The van der Waals surface area contributed by atoms with Crippen LogP contribution in [0.4, 0.5) is 5.69 Å². The second kappa shape index (κ2) is 5.86. The number of benzene rings is 1. The molecule has 0 saturated heterocycles. The van der Waals surface area contributed by atoms with Crippen LogP contribution in [0, 0.1) is 11.8 Å². The van der Waals surface area contributed by atoms with Crippen LogP contribution in [0.3, 0.4) is 0 Å². The molecular formula is C16H21BrClNO. The lowest BCUT2D eigenvalue weighted by Crippen LogP contribution is -2.46. The zero-order chi connectivity index (χ0) is 14.2. The van der Waals surface area contributed by atoms with Crippen LogP contribution in [0.25, 0.3) is 0 Å². The largest absolute Gasteiger partial charge is 0.394 e. The van der Waals surface area contributed by atoms with E-state index in [0.717, 1.165) is 34.8 Å². The van der Waals surface area contributed by atoms with Crippen molar-refractivity contribution in [1.29, 1.82) is 0 Å². The Kier molecular flexibility index (Phi) is 4.30. The lowest BCUT2D eigenvalue weighted by molar-refractivity contribution is 0.136. The van der Waals surface area contributed by atoms with Gasteiger partial charge < -0.3 is 10.4 Å². The summed E-state index contributed by atoms with van der Waals surface area (Å²) in [6.07, 6.45) is 7.46. The van der Waals surface area contributed by atoms with Crippen molar-refractivity contribution in [3.8, 4) is 0 Å². The Morgan fingerprint density at radius 2 is 2.10 bits per heavy atom. The summed E-state index contributed by atoms with van der Waals surface area (Å²) in [5.41, 5.74) is 0.880. The summed E-state index contributed by atoms with van der Waals surface area (Å²) in [5.74, 6) is 1.71. The van der Waals surface area contributed by atoms with Crippen LogP contribution < -0.4 is 5.32 Å². The summed E-state index contributed by atoms with van der Waals surface area (Å²) in [6.45, 7) is 0.205. The third kappa shape index (κ3) is 3.15. The van der Waals surface area contributed by atoms with Crippen molar-refractivity contribution >= 4 is 33.2 Å². The van der Waals surface area contributed by atoms with Crippen LogP contribution >= 0.6 is 27.5 Å². The standard InChI is InChI=1S/C16H21BrClNO/c17-14-8-13(5-6-15(14)18)19-16(10-20)7-1-2-12(9-16)11-3-4-11/h5-6,8,11-12,19-20H,1-4,7,9-10H2. The van der Waals surface area contributed by atoms with Gasteiger partial charge in [-0.05, 0) is 71.6 Å². The lowest BCUT2D eigenvalue weighted by Gasteiger charge is -2.41. The first-order valence-corrected chi connectivity index (χ1v) is 8.63. The van der Waals surface area contributed by atoms with E-state index in [1.165, 1.54) is 25.7 Å². The normalized spacial score (nSPS) is 30.2. The Hall–Kier alpha value is -0.250. The fraction of sp³-hybridized carbons (Fsp3) is 0.625. The number of anilines is 1. The molecule has 110 valence electrons. The van der Waals surface area contributed by atoms with E-state index in [1.54, 1.807) is 0 Å². The average molecular weight is 359 g/mol. The molecule has 0 aromatic heterocycles. The molecule has 2 N–H and O–H groups in total. The first-order valence-electron chi connectivity index (χ1n) is 7.46. The van der Waals surface area contributed by atoms with Crippen molar-refractivity contribution in [2.75, 3.05) is 11.9 Å². The second-order valence-corrected chi connectivity index (χ2v) is 7.65. The average Bonchev–Trinajstić information content (AvgIpc) is 3.28. The van der Waals surface area contributed by atoms with Crippen LogP contribution in [-0.2, 0) is 0 Å². The Morgan fingerprint density at radius 3 is 2.75 bits per heavy atom. The molecule has 0 spiro atoms. The SMILES string of the molecule is OCC1(Nc2ccc(Cl)c(Br)c2)CCCC(C2CC2)C1. The molecule has 0 aliphatic heterocycles. The van der Waals surface area contributed by atoms with Crippen molar-refractivity contribution in [2.45, 2.75) is 44.1 Å². The number of aliphatic hydroxyl groups excluding tert-OH is 1. The molecule has 0 bridgehead atoms. The molecule has 2 saturated carbocycles. The first kappa shape index (κ1) is 14.7. The van der Waals surface area contributed by atoms with Gasteiger partial charge in [0.2, 0.25) is 0 Å². The number of halogens is 2. The predicted molar refractivity (Wildman–Crippen MR) is 87.3 cm³/mol. The number of nitrogens with one attached hydrogen (secondary N) is 1. The van der Waals surface area contributed by atoms with Crippen molar-refractivity contribution in [3.63, 3.8) is 0 Å². The number of rotatable bonds is 4. The van der Waals surface area contributed by atoms with Gasteiger partial charge in [0.15, 0.2) is 0 Å². The molecule has 1 aromatic carbocycles. The summed E-state index contributed by atoms with van der Waals surface area (Å²) in [6, 6.07) is 5.88.